The van der Waals surface area contributed by atoms with Crippen LogP contribution in [0.3, 0.4) is 0 Å². The Hall–Kier alpha value is -0.810. The molecule has 2 rings (SSSR count). The zero-order valence-electron chi connectivity index (χ0n) is 9.42. The number of rotatable bonds is 4. The molecule has 0 aliphatic carbocycles. The minimum absolute atomic E-state index is 0.287. The second-order valence-corrected chi connectivity index (χ2v) is 4.93. The molecule has 0 spiro atoms. The van der Waals surface area contributed by atoms with Crippen LogP contribution in [-0.4, -0.2) is 19.3 Å². The van der Waals surface area contributed by atoms with E-state index in [1.54, 1.807) is 0 Å². The molecular formula is C12H15BrFNO2. The topological polar surface area (TPSA) is 44.5 Å². The van der Waals surface area contributed by atoms with Gasteiger partial charge in [-0.15, -0.1) is 0 Å². The number of benzene rings is 1. The van der Waals surface area contributed by atoms with Crippen LogP contribution in [0.5, 0.6) is 5.75 Å². The van der Waals surface area contributed by atoms with Crippen molar-refractivity contribution in [2.24, 2.45) is 0 Å². The highest BCUT2D eigenvalue weighted by molar-refractivity contribution is 9.10. The molecule has 1 atom stereocenters. The molecule has 1 heterocycles. The van der Waals surface area contributed by atoms with E-state index in [0.29, 0.717) is 22.5 Å². The third-order valence-electron chi connectivity index (χ3n) is 2.75. The highest BCUT2D eigenvalue weighted by Crippen LogP contribution is 2.32. The number of hydrogen-bond donors (Lipinski definition) is 1. The number of hydrogen-bond acceptors (Lipinski definition) is 3. The van der Waals surface area contributed by atoms with Crippen LogP contribution in [0.1, 0.15) is 19.3 Å². The van der Waals surface area contributed by atoms with Gasteiger partial charge in [0.05, 0.1) is 22.9 Å². The van der Waals surface area contributed by atoms with E-state index < -0.39 is 0 Å². The van der Waals surface area contributed by atoms with Crippen molar-refractivity contribution in [1.82, 2.24) is 0 Å². The molecule has 0 amide bonds. The van der Waals surface area contributed by atoms with E-state index in [1.165, 1.54) is 12.1 Å². The average molecular weight is 304 g/mol. The molecule has 1 aromatic carbocycles. The zero-order valence-corrected chi connectivity index (χ0v) is 11.0. The standard InChI is InChI=1S/C12H15BrFNO2/c13-10-6-8(14)7-11(15)12(10)17-5-3-9-2-1-4-16-9/h6-7,9H,1-5,15H2. The molecule has 1 aliphatic rings. The van der Waals surface area contributed by atoms with E-state index in [2.05, 4.69) is 15.9 Å². The summed E-state index contributed by atoms with van der Waals surface area (Å²) in [5.41, 5.74) is 6.00. The molecule has 2 N–H and O–H groups in total. The maximum atomic E-state index is 13.0. The maximum absolute atomic E-state index is 13.0. The molecule has 1 saturated heterocycles. The summed E-state index contributed by atoms with van der Waals surface area (Å²) < 4.78 is 24.6. The molecular weight excluding hydrogens is 289 g/mol. The minimum atomic E-state index is -0.374. The molecule has 1 aromatic rings. The van der Waals surface area contributed by atoms with E-state index in [1.807, 2.05) is 0 Å². The Labute approximate surface area is 108 Å². The summed E-state index contributed by atoms with van der Waals surface area (Å²) in [7, 11) is 0. The van der Waals surface area contributed by atoms with Gasteiger partial charge in [0.15, 0.2) is 5.75 Å². The van der Waals surface area contributed by atoms with Crippen molar-refractivity contribution >= 4 is 21.6 Å². The lowest BCUT2D eigenvalue weighted by molar-refractivity contribution is 0.0903. The average Bonchev–Trinajstić information content (AvgIpc) is 2.74. The van der Waals surface area contributed by atoms with Crippen LogP contribution in [0.25, 0.3) is 0 Å². The molecule has 0 radical (unpaired) electrons. The summed E-state index contributed by atoms with van der Waals surface area (Å²) in [5.74, 6) is 0.130. The van der Waals surface area contributed by atoms with Crippen LogP contribution in [-0.2, 0) is 4.74 Å². The molecule has 5 heteroatoms. The quantitative estimate of drug-likeness (QED) is 0.869. The van der Waals surface area contributed by atoms with Gasteiger partial charge < -0.3 is 15.2 Å². The molecule has 0 bridgehead atoms. The van der Waals surface area contributed by atoms with Crippen molar-refractivity contribution in [2.75, 3.05) is 18.9 Å². The molecule has 0 saturated carbocycles. The Morgan fingerprint density at radius 1 is 1.53 bits per heavy atom. The van der Waals surface area contributed by atoms with Crippen molar-refractivity contribution in [2.45, 2.75) is 25.4 Å². The van der Waals surface area contributed by atoms with Gasteiger partial charge in [0.1, 0.15) is 5.82 Å². The minimum Gasteiger partial charge on any atom is -0.490 e. The largest absolute Gasteiger partial charge is 0.490 e. The van der Waals surface area contributed by atoms with Gasteiger partial charge in [-0.1, -0.05) is 0 Å². The lowest BCUT2D eigenvalue weighted by atomic mass is 10.2. The van der Waals surface area contributed by atoms with Crippen LogP contribution in [0.2, 0.25) is 0 Å². The van der Waals surface area contributed by atoms with Gasteiger partial charge in [0.25, 0.3) is 0 Å². The van der Waals surface area contributed by atoms with E-state index in [-0.39, 0.29) is 11.9 Å². The summed E-state index contributed by atoms with van der Waals surface area (Å²) in [4.78, 5) is 0. The first-order valence-electron chi connectivity index (χ1n) is 5.66. The predicted octanol–water partition coefficient (Wildman–Crippen LogP) is 3.12. The maximum Gasteiger partial charge on any atom is 0.156 e. The van der Waals surface area contributed by atoms with Crippen molar-refractivity contribution in [1.29, 1.82) is 0 Å². The van der Waals surface area contributed by atoms with Crippen molar-refractivity contribution in [3.63, 3.8) is 0 Å². The number of halogens is 2. The fraction of sp³-hybridized carbons (Fsp3) is 0.500. The first-order valence-corrected chi connectivity index (χ1v) is 6.45. The van der Waals surface area contributed by atoms with Crippen molar-refractivity contribution < 1.29 is 13.9 Å². The summed E-state index contributed by atoms with van der Waals surface area (Å²) in [6, 6.07) is 2.60. The van der Waals surface area contributed by atoms with Crippen LogP contribution in [0.4, 0.5) is 10.1 Å². The van der Waals surface area contributed by atoms with E-state index in [9.17, 15) is 4.39 Å². The number of ether oxygens (including phenoxy) is 2. The summed E-state index contributed by atoms with van der Waals surface area (Å²) >= 11 is 3.24. The smallest absolute Gasteiger partial charge is 0.156 e. The monoisotopic (exact) mass is 303 g/mol. The van der Waals surface area contributed by atoms with Crippen molar-refractivity contribution in [3.8, 4) is 5.75 Å². The summed E-state index contributed by atoms with van der Waals surface area (Å²) in [6.45, 7) is 1.37. The van der Waals surface area contributed by atoms with Crippen LogP contribution >= 0.6 is 15.9 Å². The van der Waals surface area contributed by atoms with Crippen LogP contribution < -0.4 is 10.5 Å². The molecule has 0 aromatic heterocycles. The summed E-state index contributed by atoms with van der Waals surface area (Å²) in [6.07, 6.45) is 3.33. The normalized spacial score (nSPS) is 19.5. The molecule has 3 nitrogen and oxygen atoms in total. The van der Waals surface area contributed by atoms with Gasteiger partial charge in [0, 0.05) is 19.1 Å². The Morgan fingerprint density at radius 3 is 3.00 bits per heavy atom. The van der Waals surface area contributed by atoms with Gasteiger partial charge in [0.2, 0.25) is 0 Å². The number of nitrogen functional groups attached to an aromatic ring is 1. The fourth-order valence-corrected chi connectivity index (χ4v) is 2.46. The fourth-order valence-electron chi connectivity index (χ4n) is 1.90. The Balaban J connectivity index is 1.89. The van der Waals surface area contributed by atoms with Gasteiger partial charge >= 0.3 is 0 Å². The first kappa shape index (κ1) is 12.6. The third kappa shape index (κ3) is 3.33. The van der Waals surface area contributed by atoms with Gasteiger partial charge in [-0.25, -0.2) is 4.39 Å². The second-order valence-electron chi connectivity index (χ2n) is 4.08. The number of nitrogens with two attached hydrogens (primary N) is 1. The van der Waals surface area contributed by atoms with Crippen molar-refractivity contribution in [3.05, 3.63) is 22.4 Å². The summed E-state index contributed by atoms with van der Waals surface area (Å²) in [5, 5.41) is 0. The molecule has 1 fully saturated rings. The Kier molecular flexibility index (Phi) is 4.23. The number of anilines is 1. The molecule has 1 unspecified atom stereocenters. The van der Waals surface area contributed by atoms with E-state index >= 15 is 0 Å². The lowest BCUT2D eigenvalue weighted by Crippen LogP contribution is -2.11. The first-order chi connectivity index (χ1) is 8.16. The Morgan fingerprint density at radius 2 is 2.35 bits per heavy atom. The highest BCUT2D eigenvalue weighted by atomic mass is 79.9. The second kappa shape index (κ2) is 5.69. The van der Waals surface area contributed by atoms with Crippen LogP contribution in [0.15, 0.2) is 16.6 Å². The predicted molar refractivity (Wildman–Crippen MR) is 67.6 cm³/mol. The molecule has 1 aliphatic heterocycles. The lowest BCUT2D eigenvalue weighted by Gasteiger charge is -2.13. The van der Waals surface area contributed by atoms with Gasteiger partial charge in [-0.05, 0) is 34.8 Å². The highest BCUT2D eigenvalue weighted by Gasteiger charge is 2.16. The van der Waals surface area contributed by atoms with Gasteiger partial charge in [-0.2, -0.15) is 0 Å². The molecule has 17 heavy (non-hydrogen) atoms. The van der Waals surface area contributed by atoms with Crippen LogP contribution in [0, 0.1) is 5.82 Å². The zero-order chi connectivity index (χ0) is 12.3. The van der Waals surface area contributed by atoms with E-state index in [4.69, 9.17) is 15.2 Å². The Bertz CT molecular complexity index is 371. The van der Waals surface area contributed by atoms with E-state index in [0.717, 1.165) is 25.9 Å². The third-order valence-corrected chi connectivity index (χ3v) is 3.34. The SMILES string of the molecule is Nc1cc(F)cc(Br)c1OCCC1CCCO1. The molecule has 94 valence electrons. The van der Waals surface area contributed by atoms with Gasteiger partial charge in [-0.3, -0.25) is 0 Å².